The Kier molecular flexibility index (Phi) is 6.35. The molecule has 0 radical (unpaired) electrons. The predicted molar refractivity (Wildman–Crippen MR) is 77.4 cm³/mol. The van der Waals surface area contributed by atoms with Gasteiger partial charge in [0.05, 0.1) is 11.6 Å². The number of ether oxygens (including phenoxy) is 1. The number of hydrogen-bond donors (Lipinski definition) is 1. The first-order valence-corrected chi connectivity index (χ1v) is 6.56. The zero-order valence-electron chi connectivity index (χ0n) is 10.6. The van der Waals surface area contributed by atoms with Crippen molar-refractivity contribution in [2.24, 2.45) is 5.73 Å². The minimum atomic E-state index is 0.0253. The molecule has 0 heterocycles. The molecule has 0 fully saturated rings. The molecule has 0 saturated carbocycles. The molecule has 4 heteroatoms. The van der Waals surface area contributed by atoms with Crippen molar-refractivity contribution >= 4 is 23.2 Å². The summed E-state index contributed by atoms with van der Waals surface area (Å²) >= 11 is 12.1. The predicted octanol–water partition coefficient (Wildman–Crippen LogP) is 3.68. The summed E-state index contributed by atoms with van der Waals surface area (Å²) in [6, 6.07) is 3.55. The van der Waals surface area contributed by atoms with Crippen LogP contribution in [0.1, 0.15) is 25.8 Å². The Labute approximate surface area is 118 Å². The number of halogens is 2. The third-order valence-corrected chi connectivity index (χ3v) is 2.78. The monoisotopic (exact) mass is 285 g/mol. The molecule has 0 spiro atoms. The molecule has 0 aromatic heterocycles. The molecule has 0 saturated heterocycles. The Morgan fingerprint density at radius 1 is 1.39 bits per heavy atom. The van der Waals surface area contributed by atoms with E-state index in [0.29, 0.717) is 35.2 Å². The van der Waals surface area contributed by atoms with E-state index in [2.05, 4.69) is 11.8 Å². The van der Waals surface area contributed by atoms with E-state index < -0.39 is 0 Å². The summed E-state index contributed by atoms with van der Waals surface area (Å²) < 4.78 is 5.68. The molecule has 2 nitrogen and oxygen atoms in total. The van der Waals surface area contributed by atoms with Crippen LogP contribution in [0.15, 0.2) is 12.1 Å². The summed E-state index contributed by atoms with van der Waals surface area (Å²) in [7, 11) is 0. The quantitative estimate of drug-likeness (QED) is 0.662. The van der Waals surface area contributed by atoms with E-state index in [1.54, 1.807) is 13.0 Å². The van der Waals surface area contributed by atoms with Crippen molar-refractivity contribution < 1.29 is 4.74 Å². The van der Waals surface area contributed by atoms with Crippen molar-refractivity contribution in [3.05, 3.63) is 27.7 Å². The van der Waals surface area contributed by atoms with Crippen molar-refractivity contribution in [3.8, 4) is 17.6 Å². The maximum atomic E-state index is 6.14. The molecule has 18 heavy (non-hydrogen) atoms. The zero-order chi connectivity index (χ0) is 13.5. The molecule has 98 valence electrons. The summed E-state index contributed by atoms with van der Waals surface area (Å²) in [5.74, 6) is 6.42. The van der Waals surface area contributed by atoms with E-state index in [4.69, 9.17) is 33.7 Å². The van der Waals surface area contributed by atoms with E-state index in [0.717, 1.165) is 5.56 Å². The third-order valence-electron chi connectivity index (χ3n) is 2.28. The van der Waals surface area contributed by atoms with E-state index in [1.165, 1.54) is 0 Å². The van der Waals surface area contributed by atoms with Crippen molar-refractivity contribution in [2.45, 2.75) is 32.7 Å². The van der Waals surface area contributed by atoms with Crippen molar-refractivity contribution in [2.75, 3.05) is 6.61 Å². The minimum absolute atomic E-state index is 0.0253. The van der Waals surface area contributed by atoms with Gasteiger partial charge in [0.25, 0.3) is 0 Å². The Morgan fingerprint density at radius 3 is 2.72 bits per heavy atom. The van der Waals surface area contributed by atoms with Gasteiger partial charge in [-0.1, -0.05) is 23.2 Å². The summed E-state index contributed by atoms with van der Waals surface area (Å²) in [4.78, 5) is 0. The van der Waals surface area contributed by atoms with Crippen molar-refractivity contribution in [3.63, 3.8) is 0 Å². The Balaban J connectivity index is 2.87. The van der Waals surface area contributed by atoms with Crippen LogP contribution in [0.5, 0.6) is 5.75 Å². The summed E-state index contributed by atoms with van der Waals surface area (Å²) in [5, 5.41) is 1.11. The van der Waals surface area contributed by atoms with Crippen LogP contribution in [0.25, 0.3) is 0 Å². The fourth-order valence-electron chi connectivity index (χ4n) is 1.60. The fourth-order valence-corrected chi connectivity index (χ4v) is 2.19. The molecular formula is C14H17Cl2NO. The van der Waals surface area contributed by atoms with E-state index in [-0.39, 0.29) is 6.04 Å². The highest BCUT2D eigenvalue weighted by atomic mass is 35.5. The van der Waals surface area contributed by atoms with Crippen LogP contribution >= 0.6 is 23.2 Å². The minimum Gasteiger partial charge on any atom is -0.491 e. The highest BCUT2D eigenvalue weighted by molar-refractivity contribution is 6.35. The Morgan fingerprint density at radius 2 is 2.11 bits per heavy atom. The lowest BCUT2D eigenvalue weighted by molar-refractivity contribution is 0.323. The molecule has 2 N–H and O–H groups in total. The molecule has 0 aliphatic heterocycles. The van der Waals surface area contributed by atoms with Crippen LogP contribution in [0.2, 0.25) is 10.0 Å². The van der Waals surface area contributed by atoms with Crippen LogP contribution in [0, 0.1) is 11.8 Å². The number of nitrogens with two attached hydrogens (primary N) is 1. The lowest BCUT2D eigenvalue weighted by atomic mass is 10.1. The van der Waals surface area contributed by atoms with Crippen LogP contribution in [-0.2, 0) is 6.42 Å². The standard InChI is InChI=1S/C14H17Cl2NO/c1-3-4-5-6-18-14-11(7-10(2)17)8-12(15)9-13(14)16/h8-10H,5-7,17H2,1-2H3. The number of benzene rings is 1. The molecule has 1 unspecified atom stereocenters. The van der Waals surface area contributed by atoms with Crippen LogP contribution in [0.4, 0.5) is 0 Å². The van der Waals surface area contributed by atoms with Crippen molar-refractivity contribution in [1.82, 2.24) is 0 Å². The van der Waals surface area contributed by atoms with Gasteiger partial charge in [-0.05, 0) is 38.0 Å². The van der Waals surface area contributed by atoms with Gasteiger partial charge < -0.3 is 10.5 Å². The van der Waals surface area contributed by atoms with E-state index in [9.17, 15) is 0 Å². The summed E-state index contributed by atoms with van der Waals surface area (Å²) in [6.45, 7) is 4.24. The van der Waals surface area contributed by atoms with Gasteiger partial charge in [-0.25, -0.2) is 0 Å². The molecule has 1 aromatic carbocycles. The van der Waals surface area contributed by atoms with Crippen LogP contribution < -0.4 is 10.5 Å². The maximum Gasteiger partial charge on any atom is 0.141 e. The van der Waals surface area contributed by atoms with E-state index in [1.807, 2.05) is 13.0 Å². The Bertz CT molecular complexity index is 461. The zero-order valence-corrected chi connectivity index (χ0v) is 12.1. The first kappa shape index (κ1) is 15.2. The van der Waals surface area contributed by atoms with Gasteiger partial charge >= 0.3 is 0 Å². The molecule has 0 amide bonds. The smallest absolute Gasteiger partial charge is 0.141 e. The van der Waals surface area contributed by atoms with Gasteiger partial charge in [0.15, 0.2) is 0 Å². The lowest BCUT2D eigenvalue weighted by Gasteiger charge is -2.14. The highest BCUT2D eigenvalue weighted by Gasteiger charge is 2.12. The summed E-state index contributed by atoms with van der Waals surface area (Å²) in [5.41, 5.74) is 6.74. The second-order valence-corrected chi connectivity index (χ2v) is 4.93. The summed E-state index contributed by atoms with van der Waals surface area (Å²) in [6.07, 6.45) is 1.35. The highest BCUT2D eigenvalue weighted by Crippen LogP contribution is 2.33. The van der Waals surface area contributed by atoms with Gasteiger partial charge in [-0.2, -0.15) is 0 Å². The SMILES string of the molecule is CC#CCCOc1c(Cl)cc(Cl)cc1CC(C)N. The Hall–Kier alpha value is -0.880. The van der Waals surface area contributed by atoms with Crippen LogP contribution in [0.3, 0.4) is 0 Å². The van der Waals surface area contributed by atoms with Gasteiger partial charge in [0.2, 0.25) is 0 Å². The van der Waals surface area contributed by atoms with E-state index >= 15 is 0 Å². The first-order valence-electron chi connectivity index (χ1n) is 5.80. The molecule has 0 bridgehead atoms. The molecular weight excluding hydrogens is 269 g/mol. The molecule has 1 atom stereocenters. The largest absolute Gasteiger partial charge is 0.491 e. The third kappa shape index (κ3) is 4.78. The van der Waals surface area contributed by atoms with Gasteiger partial charge in [0.1, 0.15) is 5.75 Å². The number of rotatable bonds is 5. The lowest BCUT2D eigenvalue weighted by Crippen LogP contribution is -2.18. The second-order valence-electron chi connectivity index (χ2n) is 4.08. The average Bonchev–Trinajstić information content (AvgIpc) is 2.26. The average molecular weight is 286 g/mol. The maximum absolute atomic E-state index is 6.14. The van der Waals surface area contributed by atoms with Crippen molar-refractivity contribution in [1.29, 1.82) is 0 Å². The topological polar surface area (TPSA) is 35.2 Å². The number of hydrogen-bond acceptors (Lipinski definition) is 2. The van der Waals surface area contributed by atoms with Crippen LogP contribution in [-0.4, -0.2) is 12.6 Å². The molecule has 1 rings (SSSR count). The molecule has 0 aliphatic rings. The van der Waals surface area contributed by atoms with Gasteiger partial charge in [-0.15, -0.1) is 11.8 Å². The van der Waals surface area contributed by atoms with Gasteiger partial charge in [-0.3, -0.25) is 0 Å². The first-order chi connectivity index (χ1) is 8.54. The van der Waals surface area contributed by atoms with Gasteiger partial charge in [0, 0.05) is 17.5 Å². The fraction of sp³-hybridized carbons (Fsp3) is 0.429. The second kappa shape index (κ2) is 7.53. The normalized spacial score (nSPS) is 11.6. The molecule has 1 aromatic rings. The molecule has 0 aliphatic carbocycles.